The summed E-state index contributed by atoms with van der Waals surface area (Å²) >= 11 is 1.58. The molecule has 4 atom stereocenters. The number of piperidine rings is 1. The molecule has 2 heterocycles. The number of carbonyl (C=O) groups is 1. The molecule has 2 aliphatic heterocycles. The molecule has 1 aromatic rings. The molecule has 0 amide bonds. The van der Waals surface area contributed by atoms with Gasteiger partial charge in [0, 0.05) is 17.0 Å². The molecule has 0 aromatic heterocycles. The van der Waals surface area contributed by atoms with E-state index >= 15 is 0 Å². The van der Waals surface area contributed by atoms with Crippen molar-refractivity contribution in [2.24, 2.45) is 0 Å². The van der Waals surface area contributed by atoms with E-state index in [-0.39, 0.29) is 17.3 Å². The highest BCUT2D eigenvalue weighted by Gasteiger charge is 2.40. The summed E-state index contributed by atoms with van der Waals surface area (Å²) < 4.78 is 5.79. The van der Waals surface area contributed by atoms with Crippen LogP contribution >= 0.6 is 11.8 Å². The van der Waals surface area contributed by atoms with Gasteiger partial charge in [-0.25, -0.2) is 0 Å². The van der Waals surface area contributed by atoms with Crippen LogP contribution in [0.15, 0.2) is 29.2 Å². The summed E-state index contributed by atoms with van der Waals surface area (Å²) in [5, 5.41) is -0.153. The van der Waals surface area contributed by atoms with Crippen molar-refractivity contribution >= 4 is 17.7 Å². The van der Waals surface area contributed by atoms with E-state index in [4.69, 9.17) is 4.74 Å². The summed E-state index contributed by atoms with van der Waals surface area (Å²) in [4.78, 5) is 15.9. The molecule has 0 N–H and O–H groups in total. The van der Waals surface area contributed by atoms with E-state index in [1.807, 2.05) is 6.92 Å². The standard InChI is InChI=1S/C18H25NO2S/c1-12-4-8-17(9-5-12)22-13(2)18(20)21-16-10-14-6-7-15(11-16)19(14)3/h4-5,8-9,13-16H,6-7,10-11H2,1-3H3/t13?,14-,15+,16?. The van der Waals surface area contributed by atoms with E-state index in [0.717, 1.165) is 17.7 Å². The molecule has 120 valence electrons. The number of carbonyl (C=O) groups excluding carboxylic acids is 1. The Labute approximate surface area is 137 Å². The van der Waals surface area contributed by atoms with Gasteiger partial charge in [0.25, 0.3) is 0 Å². The predicted molar refractivity (Wildman–Crippen MR) is 90.2 cm³/mol. The highest BCUT2D eigenvalue weighted by atomic mass is 32.2. The van der Waals surface area contributed by atoms with Crippen molar-refractivity contribution in [1.29, 1.82) is 0 Å². The summed E-state index contributed by atoms with van der Waals surface area (Å²) in [6.07, 6.45) is 4.62. The lowest BCUT2D eigenvalue weighted by molar-refractivity contribution is -0.151. The van der Waals surface area contributed by atoms with E-state index in [2.05, 4.69) is 43.1 Å². The maximum absolute atomic E-state index is 12.3. The van der Waals surface area contributed by atoms with Gasteiger partial charge in [-0.1, -0.05) is 17.7 Å². The molecular weight excluding hydrogens is 294 g/mol. The molecule has 3 nitrogen and oxygen atoms in total. The first kappa shape index (κ1) is 15.9. The smallest absolute Gasteiger partial charge is 0.319 e. The molecule has 2 fully saturated rings. The number of fused-ring (bicyclic) bond motifs is 2. The first-order chi connectivity index (χ1) is 10.5. The van der Waals surface area contributed by atoms with Gasteiger partial charge in [0.1, 0.15) is 11.4 Å². The Bertz CT molecular complexity index is 516. The number of aryl methyl sites for hydroxylation is 1. The average molecular weight is 319 g/mol. The van der Waals surface area contributed by atoms with Crippen LogP contribution in [-0.4, -0.2) is 41.4 Å². The van der Waals surface area contributed by atoms with E-state index < -0.39 is 0 Å². The van der Waals surface area contributed by atoms with Crippen LogP contribution in [0.25, 0.3) is 0 Å². The number of ether oxygens (including phenoxy) is 1. The quantitative estimate of drug-likeness (QED) is 0.626. The van der Waals surface area contributed by atoms with Crippen LogP contribution in [0.4, 0.5) is 0 Å². The number of hydrogen-bond donors (Lipinski definition) is 0. The van der Waals surface area contributed by atoms with E-state index in [0.29, 0.717) is 12.1 Å². The second kappa shape index (κ2) is 6.63. The van der Waals surface area contributed by atoms with Crippen LogP contribution in [0, 0.1) is 6.92 Å². The molecule has 1 aromatic carbocycles. The predicted octanol–water partition coefficient (Wildman–Crippen LogP) is 3.64. The third-order valence-corrected chi connectivity index (χ3v) is 6.09. The van der Waals surface area contributed by atoms with Crippen LogP contribution in [0.1, 0.15) is 38.2 Å². The number of hydrogen-bond acceptors (Lipinski definition) is 4. The zero-order valence-electron chi connectivity index (χ0n) is 13.6. The summed E-state index contributed by atoms with van der Waals surface area (Å²) in [7, 11) is 2.20. The zero-order chi connectivity index (χ0) is 15.7. The SMILES string of the molecule is Cc1ccc(SC(C)C(=O)OC2C[C@H]3CC[C@@H](C2)N3C)cc1. The van der Waals surface area contributed by atoms with Crippen molar-refractivity contribution in [3.63, 3.8) is 0 Å². The molecule has 2 unspecified atom stereocenters. The third-order valence-electron chi connectivity index (χ3n) is 5.00. The molecule has 2 bridgehead atoms. The highest BCUT2D eigenvalue weighted by Crippen LogP contribution is 2.36. The van der Waals surface area contributed by atoms with E-state index in [9.17, 15) is 4.79 Å². The zero-order valence-corrected chi connectivity index (χ0v) is 14.4. The molecule has 2 aliphatic rings. The summed E-state index contributed by atoms with van der Waals surface area (Å²) in [6.45, 7) is 4.01. The highest BCUT2D eigenvalue weighted by molar-refractivity contribution is 8.00. The minimum Gasteiger partial charge on any atom is -0.461 e. The number of benzene rings is 1. The van der Waals surface area contributed by atoms with Gasteiger partial charge in [-0.2, -0.15) is 0 Å². The number of esters is 1. The Morgan fingerprint density at radius 3 is 2.41 bits per heavy atom. The molecule has 2 saturated heterocycles. The molecule has 4 heteroatoms. The first-order valence-corrected chi connectivity index (χ1v) is 9.06. The number of rotatable bonds is 4. The van der Waals surface area contributed by atoms with E-state index in [1.54, 1.807) is 11.8 Å². The van der Waals surface area contributed by atoms with Gasteiger partial charge >= 0.3 is 5.97 Å². The molecule has 22 heavy (non-hydrogen) atoms. The van der Waals surface area contributed by atoms with Crippen LogP contribution in [0.5, 0.6) is 0 Å². The lowest BCUT2D eigenvalue weighted by atomic mass is 10.0. The Kier molecular flexibility index (Phi) is 4.79. The fourth-order valence-corrected chi connectivity index (χ4v) is 4.44. The second-order valence-corrected chi connectivity index (χ2v) is 8.07. The molecule has 0 radical (unpaired) electrons. The van der Waals surface area contributed by atoms with Crippen LogP contribution < -0.4 is 0 Å². The Hall–Kier alpha value is -1.00. The van der Waals surface area contributed by atoms with Crippen molar-refractivity contribution < 1.29 is 9.53 Å². The average Bonchev–Trinajstić information content (AvgIpc) is 2.72. The fraction of sp³-hybridized carbons (Fsp3) is 0.611. The van der Waals surface area contributed by atoms with Gasteiger partial charge in [-0.05, 0) is 58.7 Å². The van der Waals surface area contributed by atoms with Crippen LogP contribution in [-0.2, 0) is 9.53 Å². The Morgan fingerprint density at radius 1 is 1.23 bits per heavy atom. The number of thioether (sulfide) groups is 1. The topological polar surface area (TPSA) is 29.5 Å². The maximum atomic E-state index is 12.3. The molecule has 0 spiro atoms. The van der Waals surface area contributed by atoms with Gasteiger partial charge in [-0.3, -0.25) is 4.79 Å². The van der Waals surface area contributed by atoms with Crippen LogP contribution in [0.3, 0.4) is 0 Å². The van der Waals surface area contributed by atoms with Gasteiger partial charge in [0.15, 0.2) is 0 Å². The minimum absolute atomic E-state index is 0.0699. The largest absolute Gasteiger partial charge is 0.461 e. The van der Waals surface area contributed by atoms with Gasteiger partial charge in [0.2, 0.25) is 0 Å². The molecule has 3 rings (SSSR count). The van der Waals surface area contributed by atoms with E-state index in [1.165, 1.54) is 18.4 Å². The van der Waals surface area contributed by atoms with Crippen molar-refractivity contribution in [3.05, 3.63) is 29.8 Å². The van der Waals surface area contributed by atoms with Gasteiger partial charge in [-0.15, -0.1) is 11.8 Å². The van der Waals surface area contributed by atoms with Crippen molar-refractivity contribution in [1.82, 2.24) is 4.90 Å². The lowest BCUT2D eigenvalue weighted by Crippen LogP contribution is -2.44. The molecular formula is C18H25NO2S. The molecule has 0 aliphatic carbocycles. The fourth-order valence-electron chi connectivity index (χ4n) is 3.59. The normalized spacial score (nSPS) is 29.3. The lowest BCUT2D eigenvalue weighted by Gasteiger charge is -2.36. The van der Waals surface area contributed by atoms with Crippen molar-refractivity contribution in [3.8, 4) is 0 Å². The summed E-state index contributed by atoms with van der Waals surface area (Å²) in [5.41, 5.74) is 1.24. The Morgan fingerprint density at radius 2 is 1.82 bits per heavy atom. The van der Waals surface area contributed by atoms with Crippen molar-refractivity contribution in [2.75, 3.05) is 7.05 Å². The summed E-state index contributed by atoms with van der Waals surface area (Å²) in [6, 6.07) is 9.51. The first-order valence-electron chi connectivity index (χ1n) is 8.18. The van der Waals surface area contributed by atoms with Gasteiger partial charge in [0.05, 0.1) is 0 Å². The second-order valence-electron chi connectivity index (χ2n) is 6.65. The number of nitrogens with zero attached hydrogens (tertiary/aromatic N) is 1. The summed E-state index contributed by atoms with van der Waals surface area (Å²) in [5.74, 6) is -0.0699. The minimum atomic E-state index is -0.153. The Balaban J connectivity index is 1.52. The van der Waals surface area contributed by atoms with Crippen LogP contribution in [0.2, 0.25) is 0 Å². The maximum Gasteiger partial charge on any atom is 0.319 e. The van der Waals surface area contributed by atoms with Crippen molar-refractivity contribution in [2.45, 2.75) is 67.9 Å². The van der Waals surface area contributed by atoms with Gasteiger partial charge < -0.3 is 9.64 Å². The third kappa shape index (κ3) is 3.49. The monoisotopic (exact) mass is 319 g/mol. The molecule has 0 saturated carbocycles.